The van der Waals surface area contributed by atoms with Crippen molar-refractivity contribution in [2.45, 2.75) is 25.9 Å². The summed E-state index contributed by atoms with van der Waals surface area (Å²) in [5, 5.41) is 14.3. The zero-order valence-electron chi connectivity index (χ0n) is 11.4. The van der Waals surface area contributed by atoms with Gasteiger partial charge in [0.05, 0.1) is 18.0 Å². The summed E-state index contributed by atoms with van der Waals surface area (Å²) in [5.41, 5.74) is 3.19. The van der Waals surface area contributed by atoms with E-state index >= 15 is 0 Å². The van der Waals surface area contributed by atoms with Crippen LogP contribution in [-0.4, -0.2) is 15.9 Å². The highest BCUT2D eigenvalue weighted by Gasteiger charge is 2.26. The second-order valence-corrected chi connectivity index (χ2v) is 5.49. The number of nitrogens with zero attached hydrogens (tertiary/aromatic N) is 3. The molecule has 20 heavy (non-hydrogen) atoms. The van der Waals surface area contributed by atoms with Gasteiger partial charge in [0.2, 0.25) is 0 Å². The van der Waals surface area contributed by atoms with Gasteiger partial charge in [-0.1, -0.05) is 11.6 Å². The molecule has 5 heteroatoms. The molecule has 1 aliphatic rings. The van der Waals surface area contributed by atoms with Crippen LogP contribution in [0.2, 0.25) is 5.02 Å². The predicted octanol–water partition coefficient (Wildman–Crippen LogP) is 3.46. The summed E-state index contributed by atoms with van der Waals surface area (Å²) in [4.78, 5) is 0. The topological polar surface area (TPSA) is 50.8 Å². The third-order valence-electron chi connectivity index (χ3n) is 3.37. The Hall–Kier alpha value is -1.99. The fourth-order valence-corrected chi connectivity index (χ4v) is 2.48. The molecular formula is C15H14ClN3O. The minimum Gasteiger partial charge on any atom is -0.489 e. The van der Waals surface area contributed by atoms with Crippen LogP contribution in [0.3, 0.4) is 0 Å². The molecule has 1 aromatic heterocycles. The summed E-state index contributed by atoms with van der Waals surface area (Å²) in [6, 6.07) is 5.75. The summed E-state index contributed by atoms with van der Waals surface area (Å²) in [5.74, 6) is 0.568. The van der Waals surface area contributed by atoms with Gasteiger partial charge in [0.1, 0.15) is 17.4 Å². The summed E-state index contributed by atoms with van der Waals surface area (Å²) < 4.78 is 7.56. The van der Waals surface area contributed by atoms with Gasteiger partial charge in [0.25, 0.3) is 0 Å². The lowest BCUT2D eigenvalue weighted by atomic mass is 10.0. The molecule has 0 aliphatic heterocycles. The van der Waals surface area contributed by atoms with Crippen LogP contribution in [0.5, 0.6) is 5.75 Å². The lowest BCUT2D eigenvalue weighted by Crippen LogP contribution is -2.02. The fourth-order valence-electron chi connectivity index (χ4n) is 2.28. The smallest absolute Gasteiger partial charge is 0.139 e. The van der Waals surface area contributed by atoms with E-state index in [0.717, 1.165) is 29.7 Å². The molecule has 0 saturated heterocycles. The Morgan fingerprint density at radius 3 is 2.75 bits per heavy atom. The number of aryl methyl sites for hydroxylation is 2. The Labute approximate surface area is 122 Å². The number of ether oxygens (including phenoxy) is 1. The van der Waals surface area contributed by atoms with E-state index < -0.39 is 0 Å². The van der Waals surface area contributed by atoms with Crippen molar-refractivity contribution in [2.24, 2.45) is 7.05 Å². The first-order valence-corrected chi connectivity index (χ1v) is 6.87. The van der Waals surface area contributed by atoms with Gasteiger partial charge in [-0.15, -0.1) is 0 Å². The molecule has 1 heterocycles. The van der Waals surface area contributed by atoms with Crippen molar-refractivity contribution in [3.8, 4) is 23.1 Å². The van der Waals surface area contributed by atoms with Gasteiger partial charge in [0, 0.05) is 23.7 Å². The SMILES string of the molecule is Cc1cnn(C)c1-c1cc(Cl)cc(OC2CC2)c1C#N. The first kappa shape index (κ1) is 13.0. The van der Waals surface area contributed by atoms with Gasteiger partial charge in [-0.05, 0) is 31.4 Å². The van der Waals surface area contributed by atoms with Gasteiger partial charge >= 0.3 is 0 Å². The Kier molecular flexibility index (Phi) is 3.15. The number of rotatable bonds is 3. The maximum Gasteiger partial charge on any atom is 0.139 e. The molecule has 102 valence electrons. The van der Waals surface area contributed by atoms with Crippen molar-refractivity contribution >= 4 is 11.6 Å². The normalized spacial score (nSPS) is 14.1. The van der Waals surface area contributed by atoms with Crippen LogP contribution >= 0.6 is 11.6 Å². The van der Waals surface area contributed by atoms with Gasteiger partial charge in [-0.2, -0.15) is 10.4 Å². The highest BCUT2D eigenvalue weighted by molar-refractivity contribution is 6.31. The summed E-state index contributed by atoms with van der Waals surface area (Å²) in [6.07, 6.45) is 4.08. The van der Waals surface area contributed by atoms with Gasteiger partial charge in [0.15, 0.2) is 0 Å². The van der Waals surface area contributed by atoms with Crippen molar-refractivity contribution in [1.29, 1.82) is 5.26 Å². The van der Waals surface area contributed by atoms with E-state index in [2.05, 4.69) is 11.2 Å². The first-order chi connectivity index (χ1) is 9.60. The third kappa shape index (κ3) is 2.25. The molecular weight excluding hydrogens is 274 g/mol. The molecule has 0 unspecified atom stereocenters. The number of nitriles is 1. The fraction of sp³-hybridized carbons (Fsp3) is 0.333. The van der Waals surface area contributed by atoms with E-state index in [1.165, 1.54) is 0 Å². The minimum atomic E-state index is 0.223. The zero-order valence-corrected chi connectivity index (χ0v) is 12.1. The van der Waals surface area contributed by atoms with E-state index in [9.17, 15) is 5.26 Å². The molecule has 1 fully saturated rings. The second-order valence-electron chi connectivity index (χ2n) is 5.06. The highest BCUT2D eigenvalue weighted by atomic mass is 35.5. The number of hydrogen-bond acceptors (Lipinski definition) is 3. The molecule has 0 radical (unpaired) electrons. The quantitative estimate of drug-likeness (QED) is 0.868. The van der Waals surface area contributed by atoms with Crippen LogP contribution in [0.4, 0.5) is 0 Å². The van der Waals surface area contributed by atoms with Crippen molar-refractivity contribution in [1.82, 2.24) is 9.78 Å². The molecule has 1 aromatic carbocycles. The monoisotopic (exact) mass is 287 g/mol. The summed E-state index contributed by atoms with van der Waals surface area (Å²) in [7, 11) is 1.85. The highest BCUT2D eigenvalue weighted by Crippen LogP contribution is 2.37. The van der Waals surface area contributed by atoms with Crippen molar-refractivity contribution in [3.63, 3.8) is 0 Å². The standard InChI is InChI=1S/C15H14ClN3O/c1-9-8-18-19(2)15(9)12-5-10(16)6-14(13(12)7-17)20-11-3-4-11/h5-6,8,11H,3-4H2,1-2H3. The van der Waals surface area contributed by atoms with Crippen molar-refractivity contribution in [3.05, 3.63) is 34.5 Å². The summed E-state index contributed by atoms with van der Waals surface area (Å²) >= 11 is 6.19. The second kappa shape index (κ2) is 4.84. The van der Waals surface area contributed by atoms with E-state index in [1.807, 2.05) is 14.0 Å². The van der Waals surface area contributed by atoms with Crippen molar-refractivity contribution in [2.75, 3.05) is 0 Å². The van der Waals surface area contributed by atoms with Crippen LogP contribution < -0.4 is 4.74 Å². The average molecular weight is 288 g/mol. The van der Waals surface area contributed by atoms with Crippen LogP contribution in [0, 0.1) is 18.3 Å². The number of halogens is 1. The molecule has 0 spiro atoms. The number of aromatic nitrogens is 2. The third-order valence-corrected chi connectivity index (χ3v) is 3.59. The lowest BCUT2D eigenvalue weighted by molar-refractivity contribution is 0.302. The van der Waals surface area contributed by atoms with E-state index in [-0.39, 0.29) is 6.10 Å². The van der Waals surface area contributed by atoms with Crippen molar-refractivity contribution < 1.29 is 4.74 Å². The predicted molar refractivity (Wildman–Crippen MR) is 76.8 cm³/mol. The molecule has 0 atom stereocenters. The molecule has 1 saturated carbocycles. The Morgan fingerprint density at radius 2 is 2.20 bits per heavy atom. The molecule has 0 N–H and O–H groups in total. The van der Waals surface area contributed by atoms with E-state index in [1.54, 1.807) is 23.0 Å². The van der Waals surface area contributed by atoms with Crippen LogP contribution in [0.25, 0.3) is 11.3 Å². The Morgan fingerprint density at radius 1 is 1.45 bits per heavy atom. The minimum absolute atomic E-state index is 0.223. The molecule has 0 amide bonds. The molecule has 2 aromatic rings. The Balaban J connectivity index is 2.19. The van der Waals surface area contributed by atoms with Gasteiger partial charge in [-0.3, -0.25) is 4.68 Å². The molecule has 1 aliphatic carbocycles. The van der Waals surface area contributed by atoms with Crippen LogP contribution in [0.1, 0.15) is 24.0 Å². The molecule has 0 bridgehead atoms. The maximum absolute atomic E-state index is 9.50. The van der Waals surface area contributed by atoms with Gasteiger partial charge in [-0.25, -0.2) is 0 Å². The average Bonchev–Trinajstić information content (AvgIpc) is 3.14. The van der Waals surface area contributed by atoms with Crippen LogP contribution in [-0.2, 0) is 7.05 Å². The Bertz CT molecular complexity index is 691. The zero-order chi connectivity index (χ0) is 14.3. The van der Waals surface area contributed by atoms with Gasteiger partial charge < -0.3 is 4.74 Å². The largest absolute Gasteiger partial charge is 0.489 e. The first-order valence-electron chi connectivity index (χ1n) is 6.49. The summed E-state index contributed by atoms with van der Waals surface area (Å²) in [6.45, 7) is 1.96. The molecule has 4 nitrogen and oxygen atoms in total. The number of hydrogen-bond donors (Lipinski definition) is 0. The van der Waals surface area contributed by atoms with E-state index in [4.69, 9.17) is 16.3 Å². The molecule has 3 rings (SSSR count). The number of benzene rings is 1. The maximum atomic E-state index is 9.50. The van der Waals surface area contributed by atoms with Crippen LogP contribution in [0.15, 0.2) is 18.3 Å². The lowest BCUT2D eigenvalue weighted by Gasteiger charge is -2.12. The van der Waals surface area contributed by atoms with E-state index in [0.29, 0.717) is 16.3 Å².